The van der Waals surface area contributed by atoms with Gasteiger partial charge in [0.25, 0.3) is 0 Å². The predicted molar refractivity (Wildman–Crippen MR) is 134 cm³/mol. The Bertz CT molecular complexity index is 1050. The number of rotatable bonds is 4. The number of amides is 1. The molecule has 5 rings (SSSR count). The van der Waals surface area contributed by atoms with Crippen molar-refractivity contribution in [3.8, 4) is 0 Å². The molecule has 0 saturated heterocycles. The van der Waals surface area contributed by atoms with Gasteiger partial charge in [-0.1, -0.05) is 50.3 Å². The van der Waals surface area contributed by atoms with Gasteiger partial charge in [0.2, 0.25) is 5.91 Å². The van der Waals surface area contributed by atoms with Crippen molar-refractivity contribution in [1.29, 1.82) is 0 Å². The second kappa shape index (κ2) is 8.10. The fourth-order valence-corrected chi connectivity index (χ4v) is 8.25. The lowest BCUT2D eigenvalue weighted by Gasteiger charge is -2.57. The maximum absolute atomic E-state index is 13.7. The number of benzene rings is 1. The van der Waals surface area contributed by atoms with Gasteiger partial charge in [0.1, 0.15) is 0 Å². The van der Waals surface area contributed by atoms with E-state index in [1.54, 1.807) is 0 Å². The maximum Gasteiger partial charge on any atom is 0.331 e. The highest BCUT2D eigenvalue weighted by molar-refractivity contribution is 5.87. The van der Waals surface area contributed by atoms with Gasteiger partial charge >= 0.3 is 5.97 Å². The summed E-state index contributed by atoms with van der Waals surface area (Å²) in [6.45, 7) is 8.95. The number of carbonyl (C=O) groups is 2. The topological polar surface area (TPSA) is 66.4 Å². The molecule has 4 aliphatic rings. The zero-order valence-electron chi connectivity index (χ0n) is 21.1. The summed E-state index contributed by atoms with van der Waals surface area (Å²) in [4.78, 5) is 25.2. The minimum atomic E-state index is -0.774. The zero-order valence-corrected chi connectivity index (χ0v) is 21.1. The number of carboxylic acids is 1. The van der Waals surface area contributed by atoms with Crippen LogP contribution in [0.15, 0.2) is 53.6 Å². The number of fused-ring (bicyclic) bond motifs is 5. The molecule has 34 heavy (non-hydrogen) atoms. The zero-order chi connectivity index (χ0) is 24.3. The molecule has 0 heterocycles. The standard InChI is InChI=1S/C30H39NO3/c1-28(2,20-8-6-5-7-9-20)31-26(32)25-13-12-23-22-11-10-21-18-19(27(33)34)14-16-29(21,3)24(22)15-17-30(23,25)4/h5-10,18,22-25H,11-17H2,1-4H3,(H,31,32)(H,33,34)/t22-,23-,24-,25?,29-,30-/m0/s1. The third-order valence-corrected chi connectivity index (χ3v) is 10.3. The normalized spacial score (nSPS) is 36.9. The first-order valence-electron chi connectivity index (χ1n) is 13.1. The monoisotopic (exact) mass is 461 g/mol. The molecule has 1 aromatic carbocycles. The Morgan fingerprint density at radius 1 is 1.03 bits per heavy atom. The lowest BCUT2D eigenvalue weighted by Crippen LogP contribution is -2.52. The van der Waals surface area contributed by atoms with Crippen molar-refractivity contribution < 1.29 is 14.7 Å². The van der Waals surface area contributed by atoms with Crippen molar-refractivity contribution >= 4 is 11.9 Å². The number of carboxylic acid groups (broad SMARTS) is 1. The molecule has 2 saturated carbocycles. The third kappa shape index (κ3) is 3.56. The molecule has 0 spiro atoms. The smallest absolute Gasteiger partial charge is 0.331 e. The van der Waals surface area contributed by atoms with E-state index in [2.05, 4.69) is 51.2 Å². The van der Waals surface area contributed by atoms with E-state index in [9.17, 15) is 14.7 Å². The molecule has 0 bridgehead atoms. The molecule has 4 aliphatic carbocycles. The summed E-state index contributed by atoms with van der Waals surface area (Å²) in [6, 6.07) is 10.3. The average Bonchev–Trinajstić information content (AvgIpc) is 3.16. The number of nitrogens with one attached hydrogen (secondary N) is 1. The Hall–Kier alpha value is -2.36. The van der Waals surface area contributed by atoms with Crippen LogP contribution in [-0.2, 0) is 15.1 Å². The number of allylic oxidation sites excluding steroid dienone is 3. The second-order valence-electron chi connectivity index (χ2n) is 12.3. The Balaban J connectivity index is 1.37. The van der Waals surface area contributed by atoms with Gasteiger partial charge < -0.3 is 10.4 Å². The second-order valence-corrected chi connectivity index (χ2v) is 12.3. The molecule has 0 radical (unpaired) electrons. The van der Waals surface area contributed by atoms with Crippen LogP contribution >= 0.6 is 0 Å². The highest BCUT2D eigenvalue weighted by Gasteiger charge is 2.59. The van der Waals surface area contributed by atoms with Crippen molar-refractivity contribution in [3.05, 3.63) is 59.2 Å². The fraction of sp³-hybridized carbons (Fsp3) is 0.600. The summed E-state index contributed by atoms with van der Waals surface area (Å²) >= 11 is 0. The largest absolute Gasteiger partial charge is 0.478 e. The first-order valence-corrected chi connectivity index (χ1v) is 13.1. The van der Waals surface area contributed by atoms with Crippen molar-refractivity contribution in [2.75, 3.05) is 0 Å². The van der Waals surface area contributed by atoms with Crippen LogP contribution in [0, 0.1) is 34.5 Å². The molecule has 2 N–H and O–H groups in total. The van der Waals surface area contributed by atoms with E-state index in [-0.39, 0.29) is 22.7 Å². The van der Waals surface area contributed by atoms with E-state index >= 15 is 0 Å². The van der Waals surface area contributed by atoms with Gasteiger partial charge in [-0.2, -0.15) is 0 Å². The minimum absolute atomic E-state index is 0.0381. The van der Waals surface area contributed by atoms with Crippen LogP contribution in [0.25, 0.3) is 0 Å². The predicted octanol–water partition coefficient (Wildman–Crippen LogP) is 6.24. The molecule has 2 fully saturated rings. The van der Waals surface area contributed by atoms with Crippen molar-refractivity contribution in [3.63, 3.8) is 0 Å². The van der Waals surface area contributed by atoms with Crippen molar-refractivity contribution in [2.45, 2.75) is 78.2 Å². The number of hydrogen-bond acceptors (Lipinski definition) is 2. The number of carbonyl (C=O) groups excluding carboxylic acids is 1. The molecule has 0 aliphatic heterocycles. The molecule has 4 heteroatoms. The number of hydrogen-bond donors (Lipinski definition) is 2. The minimum Gasteiger partial charge on any atom is -0.478 e. The van der Waals surface area contributed by atoms with Gasteiger partial charge in [-0.05, 0) is 105 Å². The van der Waals surface area contributed by atoms with Crippen LogP contribution in [0.4, 0.5) is 0 Å². The Morgan fingerprint density at radius 3 is 2.47 bits per heavy atom. The Morgan fingerprint density at radius 2 is 1.76 bits per heavy atom. The van der Waals surface area contributed by atoms with E-state index < -0.39 is 11.5 Å². The summed E-state index contributed by atoms with van der Waals surface area (Å²) in [7, 11) is 0. The van der Waals surface area contributed by atoms with Crippen LogP contribution in [0.1, 0.15) is 78.2 Å². The summed E-state index contributed by atoms with van der Waals surface area (Å²) in [5, 5.41) is 12.9. The molecule has 1 aromatic rings. The van der Waals surface area contributed by atoms with Crippen molar-refractivity contribution in [2.24, 2.45) is 34.5 Å². The molecule has 1 unspecified atom stereocenters. The molecule has 1 amide bonds. The summed E-state index contributed by atoms with van der Waals surface area (Å²) < 4.78 is 0. The number of aliphatic carboxylic acids is 1. The molecular weight excluding hydrogens is 422 g/mol. The van der Waals surface area contributed by atoms with E-state index in [1.165, 1.54) is 5.57 Å². The third-order valence-electron chi connectivity index (χ3n) is 10.3. The summed E-state index contributed by atoms with van der Waals surface area (Å²) in [5.74, 6) is 1.23. The highest BCUT2D eigenvalue weighted by atomic mass is 16.4. The first kappa shape index (κ1) is 23.4. The average molecular weight is 462 g/mol. The molecule has 0 aromatic heterocycles. The quantitative estimate of drug-likeness (QED) is 0.558. The van der Waals surface area contributed by atoms with Gasteiger partial charge in [-0.15, -0.1) is 0 Å². The van der Waals surface area contributed by atoms with E-state index in [4.69, 9.17) is 0 Å². The summed E-state index contributed by atoms with van der Waals surface area (Å²) in [5.41, 5.74) is 2.65. The fourth-order valence-electron chi connectivity index (χ4n) is 8.25. The van der Waals surface area contributed by atoms with Crippen molar-refractivity contribution in [1.82, 2.24) is 5.32 Å². The maximum atomic E-state index is 13.7. The Labute approximate surface area is 203 Å². The van der Waals surface area contributed by atoms with Crippen LogP contribution in [0.3, 0.4) is 0 Å². The van der Waals surface area contributed by atoms with Crippen LogP contribution in [-0.4, -0.2) is 17.0 Å². The SMILES string of the molecule is CC(C)(NC(=O)C1CC[C@H]2[C@@H]3CC=C4C=C(C(=O)O)CC[C@]4(C)[C@H]3CC[C@]12C)c1ccccc1. The molecule has 6 atom stereocenters. The molecular formula is C30H39NO3. The van der Waals surface area contributed by atoms with Gasteiger partial charge in [-0.25, -0.2) is 4.79 Å². The highest BCUT2D eigenvalue weighted by Crippen LogP contribution is 2.66. The van der Waals surface area contributed by atoms with E-state index in [0.717, 1.165) is 44.1 Å². The van der Waals surface area contributed by atoms with Crippen LogP contribution in [0.5, 0.6) is 0 Å². The Kier molecular flexibility index (Phi) is 5.57. The van der Waals surface area contributed by atoms with E-state index in [1.807, 2.05) is 24.3 Å². The van der Waals surface area contributed by atoms with Crippen LogP contribution < -0.4 is 5.32 Å². The van der Waals surface area contributed by atoms with Gasteiger partial charge in [0, 0.05) is 11.5 Å². The first-order chi connectivity index (χ1) is 16.1. The lowest BCUT2D eigenvalue weighted by molar-refractivity contribution is -0.133. The van der Waals surface area contributed by atoms with Gasteiger partial charge in [-0.3, -0.25) is 4.79 Å². The lowest BCUT2D eigenvalue weighted by atomic mass is 9.48. The molecule has 182 valence electrons. The van der Waals surface area contributed by atoms with E-state index in [0.29, 0.717) is 29.7 Å². The molecule has 4 nitrogen and oxygen atoms in total. The summed E-state index contributed by atoms with van der Waals surface area (Å²) in [6.07, 6.45) is 11.2. The van der Waals surface area contributed by atoms with Crippen LogP contribution in [0.2, 0.25) is 0 Å². The van der Waals surface area contributed by atoms with Gasteiger partial charge in [0.15, 0.2) is 0 Å². The van der Waals surface area contributed by atoms with Gasteiger partial charge in [0.05, 0.1) is 5.54 Å².